The van der Waals surface area contributed by atoms with Gasteiger partial charge in [-0.15, -0.1) is 10.2 Å². The number of hydrogen-bond acceptors (Lipinski definition) is 5. The van der Waals surface area contributed by atoms with Gasteiger partial charge < -0.3 is 10.4 Å². The van der Waals surface area contributed by atoms with Crippen LogP contribution in [0.5, 0.6) is 0 Å². The Morgan fingerprint density at radius 1 is 1.27 bits per heavy atom. The van der Waals surface area contributed by atoms with Crippen LogP contribution in [-0.2, 0) is 0 Å². The first-order valence-corrected chi connectivity index (χ1v) is 8.96. The van der Waals surface area contributed by atoms with Gasteiger partial charge in [-0.3, -0.25) is 5.32 Å². The Morgan fingerprint density at radius 2 is 2.00 bits per heavy atom. The van der Waals surface area contributed by atoms with Gasteiger partial charge in [-0.05, 0) is 38.5 Å². The number of rotatable bonds is 5. The van der Waals surface area contributed by atoms with Gasteiger partial charge in [-0.2, -0.15) is 0 Å². The van der Waals surface area contributed by atoms with Crippen LogP contribution >= 0.6 is 11.3 Å². The molecule has 0 aliphatic heterocycles. The van der Waals surface area contributed by atoms with Crippen LogP contribution in [0.4, 0.5) is 9.93 Å². The molecule has 7 heteroatoms. The van der Waals surface area contributed by atoms with E-state index in [4.69, 9.17) is 0 Å². The number of aromatic nitrogens is 2. The summed E-state index contributed by atoms with van der Waals surface area (Å²) in [6.07, 6.45) is 8.05. The zero-order valence-corrected chi connectivity index (χ0v) is 13.8. The van der Waals surface area contributed by atoms with E-state index in [1.807, 2.05) is 6.92 Å². The molecule has 3 N–H and O–H groups in total. The molecular weight excluding hydrogens is 300 g/mol. The largest absolute Gasteiger partial charge is 0.394 e. The van der Waals surface area contributed by atoms with Crippen molar-refractivity contribution in [2.45, 2.75) is 63.3 Å². The molecule has 22 heavy (non-hydrogen) atoms. The zero-order chi connectivity index (χ0) is 15.6. The van der Waals surface area contributed by atoms with Crippen LogP contribution in [0.15, 0.2) is 0 Å². The lowest BCUT2D eigenvalue weighted by atomic mass is 9.76. The molecule has 2 aliphatic carbocycles. The number of aliphatic hydroxyl groups excluding tert-OH is 1. The number of aliphatic hydroxyl groups is 1. The third kappa shape index (κ3) is 3.57. The second kappa shape index (κ2) is 6.50. The van der Waals surface area contributed by atoms with Gasteiger partial charge in [0.2, 0.25) is 5.13 Å². The summed E-state index contributed by atoms with van der Waals surface area (Å²) in [7, 11) is 0. The van der Waals surface area contributed by atoms with Gasteiger partial charge in [0, 0.05) is 5.92 Å². The number of nitrogens with zero attached hydrogens (tertiary/aromatic N) is 2. The first-order chi connectivity index (χ1) is 10.6. The van der Waals surface area contributed by atoms with E-state index in [9.17, 15) is 9.90 Å². The molecule has 3 rings (SSSR count). The number of amides is 2. The molecule has 2 aliphatic rings. The van der Waals surface area contributed by atoms with Crippen LogP contribution < -0.4 is 10.6 Å². The van der Waals surface area contributed by atoms with E-state index in [1.54, 1.807) is 0 Å². The van der Waals surface area contributed by atoms with Crippen LogP contribution in [-0.4, -0.2) is 33.5 Å². The van der Waals surface area contributed by atoms with Crippen molar-refractivity contribution >= 4 is 22.5 Å². The molecule has 0 spiro atoms. The lowest BCUT2D eigenvalue weighted by Gasteiger charge is -2.39. The second-order valence-electron chi connectivity index (χ2n) is 6.71. The molecule has 0 radical (unpaired) electrons. The van der Waals surface area contributed by atoms with E-state index in [1.165, 1.54) is 43.4 Å². The first-order valence-electron chi connectivity index (χ1n) is 8.14. The second-order valence-corrected chi connectivity index (χ2v) is 7.72. The number of hydrogen-bond donors (Lipinski definition) is 3. The first kappa shape index (κ1) is 15.7. The van der Waals surface area contributed by atoms with Crippen LogP contribution in [0.1, 0.15) is 62.8 Å². The summed E-state index contributed by atoms with van der Waals surface area (Å²) in [5, 5.41) is 25.2. The Hall–Kier alpha value is -1.21. The number of urea groups is 1. The summed E-state index contributed by atoms with van der Waals surface area (Å²) >= 11 is 1.44. The number of carbonyl (C=O) groups is 1. The van der Waals surface area contributed by atoms with Gasteiger partial charge >= 0.3 is 6.03 Å². The van der Waals surface area contributed by atoms with Crippen molar-refractivity contribution in [1.29, 1.82) is 0 Å². The minimum atomic E-state index is -0.575. The lowest BCUT2D eigenvalue weighted by molar-refractivity contribution is 0.103. The standard InChI is InChI=1S/C15H24N4O2S/c1-15(9-20,11-5-3-2-4-6-11)17-13(21)16-14-19-18-12(22-14)10-7-8-10/h10-11,20H,2-9H2,1H3,(H2,16,17,19,21)/t15-/m1/s1. The fraction of sp³-hybridized carbons (Fsp3) is 0.800. The van der Waals surface area contributed by atoms with E-state index >= 15 is 0 Å². The van der Waals surface area contributed by atoms with E-state index in [2.05, 4.69) is 20.8 Å². The van der Waals surface area contributed by atoms with Gasteiger partial charge in [0.05, 0.1) is 12.1 Å². The van der Waals surface area contributed by atoms with Crippen molar-refractivity contribution in [1.82, 2.24) is 15.5 Å². The quantitative estimate of drug-likeness (QED) is 0.777. The average molecular weight is 324 g/mol. The van der Waals surface area contributed by atoms with Crippen molar-refractivity contribution in [2.75, 3.05) is 11.9 Å². The SMILES string of the molecule is C[C@](CO)(NC(=O)Nc1nnc(C2CC2)s1)C1CCCCC1. The highest BCUT2D eigenvalue weighted by atomic mass is 32.1. The Bertz CT molecular complexity index is 525. The minimum Gasteiger partial charge on any atom is -0.394 e. The van der Waals surface area contributed by atoms with Gasteiger partial charge in [0.25, 0.3) is 0 Å². The van der Waals surface area contributed by atoms with Crippen molar-refractivity contribution in [2.24, 2.45) is 5.92 Å². The van der Waals surface area contributed by atoms with E-state index in [0.717, 1.165) is 17.8 Å². The summed E-state index contributed by atoms with van der Waals surface area (Å²) in [6.45, 7) is 1.88. The highest BCUT2D eigenvalue weighted by Gasteiger charge is 2.36. The fourth-order valence-corrected chi connectivity index (χ4v) is 4.09. The summed E-state index contributed by atoms with van der Waals surface area (Å²) < 4.78 is 0. The summed E-state index contributed by atoms with van der Waals surface area (Å²) in [4.78, 5) is 12.2. The Labute approximate surface area is 134 Å². The van der Waals surface area contributed by atoms with Crippen molar-refractivity contribution < 1.29 is 9.90 Å². The maximum absolute atomic E-state index is 12.2. The van der Waals surface area contributed by atoms with Crippen molar-refractivity contribution in [3.63, 3.8) is 0 Å². The topological polar surface area (TPSA) is 87.1 Å². The highest BCUT2D eigenvalue weighted by Crippen LogP contribution is 2.42. The van der Waals surface area contributed by atoms with Crippen molar-refractivity contribution in [3.8, 4) is 0 Å². The number of anilines is 1. The monoisotopic (exact) mass is 324 g/mol. The summed E-state index contributed by atoms with van der Waals surface area (Å²) in [5.41, 5.74) is -0.575. The van der Waals surface area contributed by atoms with Crippen molar-refractivity contribution in [3.05, 3.63) is 5.01 Å². The highest BCUT2D eigenvalue weighted by molar-refractivity contribution is 7.15. The predicted molar refractivity (Wildman–Crippen MR) is 86.1 cm³/mol. The molecule has 0 aromatic carbocycles. The molecule has 1 heterocycles. The summed E-state index contributed by atoms with van der Waals surface area (Å²) in [6, 6.07) is -0.305. The lowest BCUT2D eigenvalue weighted by Crippen LogP contribution is -2.55. The van der Waals surface area contributed by atoms with Gasteiger partial charge in [0.1, 0.15) is 5.01 Å². The number of carbonyl (C=O) groups excluding carboxylic acids is 1. The predicted octanol–water partition coefficient (Wildman–Crippen LogP) is 2.87. The van der Waals surface area contributed by atoms with Crippen LogP contribution in [0.3, 0.4) is 0 Å². The molecule has 2 fully saturated rings. The molecule has 122 valence electrons. The fourth-order valence-electron chi connectivity index (χ4n) is 3.18. The van der Waals surface area contributed by atoms with Crippen LogP contribution in [0, 0.1) is 5.92 Å². The van der Waals surface area contributed by atoms with Crippen LogP contribution in [0.2, 0.25) is 0 Å². The smallest absolute Gasteiger partial charge is 0.321 e. The van der Waals surface area contributed by atoms with E-state index in [0.29, 0.717) is 17.0 Å². The third-order valence-electron chi connectivity index (χ3n) is 4.82. The molecular formula is C15H24N4O2S. The Balaban J connectivity index is 1.58. The van der Waals surface area contributed by atoms with Gasteiger partial charge in [-0.1, -0.05) is 30.6 Å². The van der Waals surface area contributed by atoms with Gasteiger partial charge in [-0.25, -0.2) is 4.79 Å². The molecule has 1 aromatic rings. The third-order valence-corrected chi connectivity index (χ3v) is 5.82. The normalized spacial score (nSPS) is 22.1. The van der Waals surface area contributed by atoms with Gasteiger partial charge in [0.15, 0.2) is 0 Å². The van der Waals surface area contributed by atoms with Crippen LogP contribution in [0.25, 0.3) is 0 Å². The average Bonchev–Trinajstić information content (AvgIpc) is 3.28. The molecule has 1 atom stereocenters. The Morgan fingerprint density at radius 3 is 2.64 bits per heavy atom. The molecule has 2 saturated carbocycles. The molecule has 0 saturated heterocycles. The Kier molecular flexibility index (Phi) is 4.63. The molecule has 0 bridgehead atoms. The number of nitrogens with one attached hydrogen (secondary N) is 2. The molecule has 1 aromatic heterocycles. The van der Waals surface area contributed by atoms with E-state index < -0.39 is 5.54 Å². The molecule has 0 unspecified atom stereocenters. The maximum Gasteiger partial charge on any atom is 0.321 e. The molecule has 2 amide bonds. The minimum absolute atomic E-state index is 0.0471. The summed E-state index contributed by atoms with van der Waals surface area (Å²) in [5.74, 6) is 0.870. The maximum atomic E-state index is 12.2. The zero-order valence-electron chi connectivity index (χ0n) is 13.0. The van der Waals surface area contributed by atoms with E-state index in [-0.39, 0.29) is 12.6 Å². The molecule has 6 nitrogen and oxygen atoms in total.